The Kier molecular flexibility index (Phi) is 3.76. The summed E-state index contributed by atoms with van der Waals surface area (Å²) >= 11 is 6.16. The molecule has 1 N–H and O–H groups in total. The third-order valence-corrected chi connectivity index (χ3v) is 5.50. The Labute approximate surface area is 160 Å². The van der Waals surface area contributed by atoms with Gasteiger partial charge in [0, 0.05) is 41.8 Å². The first-order valence-electron chi connectivity index (χ1n) is 8.85. The van der Waals surface area contributed by atoms with E-state index >= 15 is 0 Å². The summed E-state index contributed by atoms with van der Waals surface area (Å²) in [7, 11) is 4.24. The lowest BCUT2D eigenvalue weighted by Crippen LogP contribution is -2.47. The Morgan fingerprint density at radius 2 is 1.96 bits per heavy atom. The molecule has 0 atom stereocenters. The quantitative estimate of drug-likeness (QED) is 0.584. The summed E-state index contributed by atoms with van der Waals surface area (Å²) in [5.41, 5.74) is 2.84. The molecule has 0 saturated heterocycles. The molecule has 4 aromatic heterocycles. The van der Waals surface area contributed by atoms with Crippen molar-refractivity contribution in [2.75, 3.05) is 19.4 Å². The van der Waals surface area contributed by atoms with E-state index in [4.69, 9.17) is 11.6 Å². The molecule has 0 aliphatic heterocycles. The summed E-state index contributed by atoms with van der Waals surface area (Å²) in [5, 5.41) is 8.55. The Balaban J connectivity index is 1.42. The maximum atomic E-state index is 6.16. The maximum absolute atomic E-state index is 6.16. The van der Waals surface area contributed by atoms with Crippen LogP contribution in [-0.4, -0.2) is 60.0 Å². The number of hydrogen-bond donors (Lipinski definition) is 1. The lowest BCUT2D eigenvalue weighted by Gasteiger charge is -2.39. The van der Waals surface area contributed by atoms with Crippen molar-refractivity contribution in [1.82, 2.24) is 33.9 Å². The van der Waals surface area contributed by atoms with Gasteiger partial charge in [0.2, 0.25) is 11.7 Å². The first-order chi connectivity index (χ1) is 13.1. The van der Waals surface area contributed by atoms with Gasteiger partial charge in [-0.05, 0) is 33.0 Å². The third kappa shape index (κ3) is 2.81. The summed E-state index contributed by atoms with van der Waals surface area (Å²) in [5.74, 6) is 1.23. The van der Waals surface area contributed by atoms with Crippen LogP contribution < -0.4 is 5.32 Å². The van der Waals surface area contributed by atoms with Gasteiger partial charge in [-0.2, -0.15) is 0 Å². The lowest BCUT2D eigenvalue weighted by molar-refractivity contribution is 0.177. The van der Waals surface area contributed by atoms with Crippen LogP contribution in [0.5, 0.6) is 0 Å². The highest BCUT2D eigenvalue weighted by atomic mass is 35.5. The first-order valence-corrected chi connectivity index (χ1v) is 9.22. The number of hydrogen-bond acceptors (Lipinski definition) is 6. The van der Waals surface area contributed by atoms with Gasteiger partial charge in [-0.25, -0.2) is 19.5 Å². The van der Waals surface area contributed by atoms with Crippen LogP contribution in [0.2, 0.25) is 5.15 Å². The highest BCUT2D eigenvalue weighted by molar-refractivity contribution is 6.29. The van der Waals surface area contributed by atoms with Crippen molar-refractivity contribution >= 4 is 28.8 Å². The average Bonchev–Trinajstić information content (AvgIpc) is 3.20. The Hall–Kier alpha value is -2.71. The molecule has 0 spiro atoms. The molecule has 0 unspecified atom stereocenters. The van der Waals surface area contributed by atoms with Crippen LogP contribution in [0.4, 0.5) is 5.95 Å². The van der Waals surface area contributed by atoms with Gasteiger partial charge >= 0.3 is 0 Å². The zero-order valence-corrected chi connectivity index (χ0v) is 15.8. The van der Waals surface area contributed by atoms with Crippen molar-refractivity contribution in [2.45, 2.75) is 24.9 Å². The fourth-order valence-electron chi connectivity index (χ4n) is 3.51. The molecule has 8 nitrogen and oxygen atoms in total. The molecule has 5 rings (SSSR count). The van der Waals surface area contributed by atoms with E-state index in [9.17, 15) is 0 Å². The fraction of sp³-hybridized carbons (Fsp3) is 0.333. The maximum Gasteiger partial charge on any atom is 0.241 e. The Morgan fingerprint density at radius 3 is 2.78 bits per heavy atom. The van der Waals surface area contributed by atoms with E-state index < -0.39 is 0 Å². The highest BCUT2D eigenvalue weighted by Gasteiger charge is 2.30. The molecule has 1 aliphatic carbocycles. The van der Waals surface area contributed by atoms with Crippen molar-refractivity contribution in [3.63, 3.8) is 0 Å². The van der Waals surface area contributed by atoms with E-state index in [1.54, 1.807) is 16.8 Å². The van der Waals surface area contributed by atoms with Gasteiger partial charge in [0.15, 0.2) is 0 Å². The molecule has 0 aromatic carbocycles. The monoisotopic (exact) mass is 382 g/mol. The molecule has 1 fully saturated rings. The van der Waals surface area contributed by atoms with Crippen LogP contribution in [0, 0.1) is 0 Å². The third-order valence-electron chi connectivity index (χ3n) is 5.22. The van der Waals surface area contributed by atoms with E-state index in [1.165, 1.54) is 0 Å². The fourth-order valence-corrected chi connectivity index (χ4v) is 3.68. The summed E-state index contributed by atoms with van der Waals surface area (Å²) in [6.45, 7) is 0. The Bertz CT molecular complexity index is 1130. The number of imidazole rings is 1. The van der Waals surface area contributed by atoms with Gasteiger partial charge in [0.05, 0.1) is 17.9 Å². The van der Waals surface area contributed by atoms with Crippen LogP contribution in [0.15, 0.2) is 37.1 Å². The summed E-state index contributed by atoms with van der Waals surface area (Å²) < 4.78 is 3.60. The van der Waals surface area contributed by atoms with Crippen LogP contribution in [0.1, 0.15) is 12.8 Å². The van der Waals surface area contributed by atoms with Crippen LogP contribution in [-0.2, 0) is 0 Å². The standard InChI is InChI=1S/C18H19ClN8/c1-25(2)13-5-12(6-13)23-17-20-8-15-14(3-4-27(15)24-17)11-7-21-18-22-9-16(19)26(18)10-11/h3-4,7-10,12-13H,5-6H2,1-2H3,(H,23,24). The minimum absolute atomic E-state index is 0.430. The van der Waals surface area contributed by atoms with Crippen molar-refractivity contribution in [2.24, 2.45) is 0 Å². The van der Waals surface area contributed by atoms with Gasteiger partial charge < -0.3 is 10.2 Å². The minimum atomic E-state index is 0.430. The molecule has 0 bridgehead atoms. The zero-order valence-electron chi connectivity index (χ0n) is 15.0. The number of halogens is 1. The molecule has 27 heavy (non-hydrogen) atoms. The molecule has 4 heterocycles. The Morgan fingerprint density at radius 1 is 1.15 bits per heavy atom. The second-order valence-corrected chi connectivity index (χ2v) is 7.55. The van der Waals surface area contributed by atoms with Crippen LogP contribution in [0.25, 0.3) is 22.4 Å². The van der Waals surface area contributed by atoms with E-state index in [2.05, 4.69) is 44.4 Å². The SMILES string of the molecule is CN(C)C1CC(Nc2ncc3c(-c4cnc5ncc(Cl)n5c4)ccn3n2)C1. The lowest BCUT2D eigenvalue weighted by atomic mass is 9.86. The molecule has 138 valence electrons. The van der Waals surface area contributed by atoms with E-state index in [0.29, 0.717) is 29.0 Å². The van der Waals surface area contributed by atoms with Gasteiger partial charge in [-0.1, -0.05) is 11.6 Å². The molecular formula is C18H19ClN8. The topological polar surface area (TPSA) is 75.6 Å². The number of fused-ring (bicyclic) bond motifs is 2. The molecule has 9 heteroatoms. The summed E-state index contributed by atoms with van der Waals surface area (Å²) in [6, 6.07) is 3.08. The van der Waals surface area contributed by atoms with Gasteiger partial charge in [0.25, 0.3) is 0 Å². The van der Waals surface area contributed by atoms with Gasteiger partial charge in [-0.15, -0.1) is 5.10 Å². The van der Waals surface area contributed by atoms with Gasteiger partial charge in [-0.3, -0.25) is 4.40 Å². The molecule has 0 amide bonds. The second kappa shape index (κ2) is 6.17. The van der Waals surface area contributed by atoms with Crippen molar-refractivity contribution in [3.8, 4) is 11.1 Å². The molecule has 1 aliphatic rings. The largest absolute Gasteiger partial charge is 0.350 e. The highest BCUT2D eigenvalue weighted by Crippen LogP contribution is 2.28. The zero-order chi connectivity index (χ0) is 18.5. The molecule has 4 aromatic rings. The van der Waals surface area contributed by atoms with Crippen molar-refractivity contribution < 1.29 is 0 Å². The van der Waals surface area contributed by atoms with Crippen LogP contribution in [0.3, 0.4) is 0 Å². The van der Waals surface area contributed by atoms with Crippen molar-refractivity contribution in [3.05, 3.63) is 42.2 Å². The smallest absolute Gasteiger partial charge is 0.241 e. The number of anilines is 1. The minimum Gasteiger partial charge on any atom is -0.350 e. The molecular weight excluding hydrogens is 364 g/mol. The number of aromatic nitrogens is 6. The number of nitrogens with zero attached hydrogens (tertiary/aromatic N) is 7. The molecule has 1 saturated carbocycles. The number of rotatable bonds is 4. The average molecular weight is 383 g/mol. The van der Waals surface area contributed by atoms with E-state index in [-0.39, 0.29) is 0 Å². The van der Waals surface area contributed by atoms with Crippen LogP contribution >= 0.6 is 11.6 Å². The summed E-state index contributed by atoms with van der Waals surface area (Å²) in [4.78, 5) is 15.3. The number of nitrogens with one attached hydrogen (secondary N) is 1. The van der Waals surface area contributed by atoms with E-state index in [0.717, 1.165) is 29.5 Å². The van der Waals surface area contributed by atoms with E-state index in [1.807, 2.05) is 29.2 Å². The predicted octanol–water partition coefficient (Wildman–Crippen LogP) is 2.60. The molecule has 0 radical (unpaired) electrons. The normalized spacial score (nSPS) is 19.7. The van der Waals surface area contributed by atoms with Gasteiger partial charge in [0.1, 0.15) is 5.15 Å². The predicted molar refractivity (Wildman–Crippen MR) is 104 cm³/mol. The van der Waals surface area contributed by atoms with Crippen molar-refractivity contribution in [1.29, 1.82) is 0 Å². The first kappa shape index (κ1) is 16.5. The second-order valence-electron chi connectivity index (χ2n) is 7.16. The summed E-state index contributed by atoms with van der Waals surface area (Å²) in [6.07, 6.45) is 11.3.